The highest BCUT2D eigenvalue weighted by atomic mass is 35.5. The summed E-state index contributed by atoms with van der Waals surface area (Å²) in [6, 6.07) is 5.84. The monoisotopic (exact) mass is 301 g/mol. The molecule has 0 aliphatic heterocycles. The van der Waals surface area contributed by atoms with Crippen molar-refractivity contribution in [1.82, 2.24) is 5.32 Å². The van der Waals surface area contributed by atoms with Crippen LogP contribution in [0.4, 0.5) is 0 Å². The number of rotatable bonds is 7. The van der Waals surface area contributed by atoms with Gasteiger partial charge in [-0.2, -0.15) is 11.8 Å². The fraction of sp³-hybridized carbons (Fsp3) is 0.600. The molecule has 0 atom stereocenters. The quantitative estimate of drug-likeness (QED) is 0.756. The van der Waals surface area contributed by atoms with E-state index in [0.29, 0.717) is 0 Å². The molecular formula is C15H24ClNOS. The molecule has 2 nitrogen and oxygen atoms in total. The zero-order chi connectivity index (χ0) is 14.3. The number of nitrogens with one attached hydrogen (secondary N) is 1. The van der Waals surface area contributed by atoms with E-state index in [1.165, 1.54) is 0 Å². The third-order valence-electron chi connectivity index (χ3n) is 2.62. The van der Waals surface area contributed by atoms with Crippen molar-refractivity contribution in [1.29, 1.82) is 0 Å². The summed E-state index contributed by atoms with van der Waals surface area (Å²) >= 11 is 8.11. The van der Waals surface area contributed by atoms with Gasteiger partial charge >= 0.3 is 0 Å². The number of benzene rings is 1. The molecule has 108 valence electrons. The topological polar surface area (TPSA) is 21.3 Å². The molecule has 1 N–H and O–H groups in total. The lowest BCUT2D eigenvalue weighted by Crippen LogP contribution is -2.35. The number of halogens is 1. The standard InChI is InChI=1S/C15H24ClNOS/c1-15(2,3)17-11-12-13(16)7-5-8-14(12)18-9-6-10-19-4/h5,7-8,17H,6,9-11H2,1-4H3. The molecule has 0 aliphatic carbocycles. The minimum absolute atomic E-state index is 0.0648. The fourth-order valence-corrected chi connectivity index (χ4v) is 2.22. The van der Waals surface area contributed by atoms with Crippen molar-refractivity contribution in [3.8, 4) is 5.75 Å². The third-order valence-corrected chi connectivity index (χ3v) is 3.67. The van der Waals surface area contributed by atoms with Crippen LogP contribution in [0.5, 0.6) is 5.75 Å². The summed E-state index contributed by atoms with van der Waals surface area (Å²) < 4.78 is 5.85. The number of hydrogen-bond acceptors (Lipinski definition) is 3. The van der Waals surface area contributed by atoms with Gasteiger partial charge in [0.15, 0.2) is 0 Å². The Kier molecular flexibility index (Phi) is 7.05. The molecule has 0 amide bonds. The normalized spacial score (nSPS) is 11.6. The lowest BCUT2D eigenvalue weighted by atomic mass is 10.1. The Labute approximate surface area is 126 Å². The summed E-state index contributed by atoms with van der Waals surface area (Å²) in [5, 5.41) is 4.22. The van der Waals surface area contributed by atoms with E-state index in [0.717, 1.165) is 41.7 Å². The van der Waals surface area contributed by atoms with E-state index < -0.39 is 0 Å². The lowest BCUT2D eigenvalue weighted by molar-refractivity contribution is 0.312. The Hall–Kier alpha value is -0.380. The van der Waals surface area contributed by atoms with Gasteiger partial charge in [-0.25, -0.2) is 0 Å². The van der Waals surface area contributed by atoms with Crippen molar-refractivity contribution >= 4 is 23.4 Å². The van der Waals surface area contributed by atoms with E-state index in [1.807, 2.05) is 30.0 Å². The summed E-state index contributed by atoms with van der Waals surface area (Å²) in [5.41, 5.74) is 1.11. The highest BCUT2D eigenvalue weighted by molar-refractivity contribution is 7.98. The Morgan fingerprint density at radius 2 is 2.05 bits per heavy atom. The van der Waals surface area contributed by atoms with Crippen molar-refractivity contribution < 1.29 is 4.74 Å². The second kappa shape index (κ2) is 8.03. The molecule has 0 heterocycles. The smallest absolute Gasteiger partial charge is 0.125 e. The molecular weight excluding hydrogens is 278 g/mol. The zero-order valence-electron chi connectivity index (χ0n) is 12.3. The highest BCUT2D eigenvalue weighted by Gasteiger charge is 2.13. The minimum atomic E-state index is 0.0648. The Balaban J connectivity index is 2.66. The molecule has 0 fully saturated rings. The van der Waals surface area contributed by atoms with Crippen LogP contribution in [0.1, 0.15) is 32.8 Å². The summed E-state index contributed by atoms with van der Waals surface area (Å²) in [7, 11) is 0. The molecule has 0 aromatic heterocycles. The molecule has 0 radical (unpaired) electrons. The predicted octanol–water partition coefficient (Wildman–Crippen LogP) is 4.36. The maximum atomic E-state index is 6.27. The molecule has 0 saturated heterocycles. The van der Waals surface area contributed by atoms with Gasteiger partial charge in [-0.15, -0.1) is 0 Å². The van der Waals surface area contributed by atoms with E-state index in [4.69, 9.17) is 16.3 Å². The van der Waals surface area contributed by atoms with Gasteiger partial charge < -0.3 is 10.1 Å². The zero-order valence-corrected chi connectivity index (χ0v) is 13.8. The third kappa shape index (κ3) is 6.55. The van der Waals surface area contributed by atoms with Gasteiger partial charge in [0.1, 0.15) is 5.75 Å². The predicted molar refractivity (Wildman–Crippen MR) is 86.5 cm³/mol. The molecule has 0 bridgehead atoms. The van der Waals surface area contributed by atoms with Crippen LogP contribution in [0.3, 0.4) is 0 Å². The van der Waals surface area contributed by atoms with Crippen molar-refractivity contribution in [3.05, 3.63) is 28.8 Å². The van der Waals surface area contributed by atoms with Crippen LogP contribution in [0.25, 0.3) is 0 Å². The van der Waals surface area contributed by atoms with E-state index >= 15 is 0 Å². The lowest BCUT2D eigenvalue weighted by Gasteiger charge is -2.22. The molecule has 4 heteroatoms. The number of ether oxygens (including phenoxy) is 1. The van der Waals surface area contributed by atoms with E-state index in [9.17, 15) is 0 Å². The molecule has 0 aliphatic rings. The van der Waals surface area contributed by atoms with Crippen LogP contribution in [0.15, 0.2) is 18.2 Å². The van der Waals surface area contributed by atoms with Crippen LogP contribution in [-0.4, -0.2) is 24.2 Å². The van der Waals surface area contributed by atoms with Crippen LogP contribution >= 0.6 is 23.4 Å². The second-order valence-corrected chi connectivity index (χ2v) is 6.91. The Morgan fingerprint density at radius 1 is 1.32 bits per heavy atom. The summed E-state index contributed by atoms with van der Waals surface area (Å²) in [4.78, 5) is 0. The molecule has 0 unspecified atom stereocenters. The van der Waals surface area contributed by atoms with Gasteiger partial charge in [-0.1, -0.05) is 17.7 Å². The summed E-state index contributed by atoms with van der Waals surface area (Å²) in [6.45, 7) is 7.89. The number of thioether (sulfide) groups is 1. The SMILES string of the molecule is CSCCCOc1cccc(Cl)c1CNC(C)(C)C. The number of hydrogen-bond donors (Lipinski definition) is 1. The fourth-order valence-electron chi connectivity index (χ4n) is 1.58. The van der Waals surface area contributed by atoms with Gasteiger partial charge in [0.2, 0.25) is 0 Å². The first-order chi connectivity index (χ1) is 8.94. The van der Waals surface area contributed by atoms with Crippen molar-refractivity contribution in [2.24, 2.45) is 0 Å². The molecule has 1 rings (SSSR count). The average Bonchev–Trinajstić information content (AvgIpc) is 2.32. The van der Waals surface area contributed by atoms with Crippen molar-refractivity contribution in [3.63, 3.8) is 0 Å². The van der Waals surface area contributed by atoms with Gasteiger partial charge in [-0.3, -0.25) is 0 Å². The molecule has 1 aromatic rings. The van der Waals surface area contributed by atoms with E-state index in [1.54, 1.807) is 0 Å². The van der Waals surface area contributed by atoms with Crippen molar-refractivity contribution in [2.75, 3.05) is 18.6 Å². The largest absolute Gasteiger partial charge is 0.493 e. The summed E-state index contributed by atoms with van der Waals surface area (Å²) in [6.07, 6.45) is 3.16. The maximum Gasteiger partial charge on any atom is 0.125 e. The summed E-state index contributed by atoms with van der Waals surface area (Å²) in [5.74, 6) is 2.02. The highest BCUT2D eigenvalue weighted by Crippen LogP contribution is 2.27. The van der Waals surface area contributed by atoms with E-state index in [-0.39, 0.29) is 5.54 Å². The maximum absolute atomic E-state index is 6.27. The van der Waals surface area contributed by atoms with E-state index in [2.05, 4.69) is 32.3 Å². The van der Waals surface area contributed by atoms with Gasteiger partial charge in [0, 0.05) is 22.7 Å². The Bertz CT molecular complexity index is 390. The second-order valence-electron chi connectivity index (χ2n) is 5.51. The first-order valence-electron chi connectivity index (χ1n) is 6.58. The van der Waals surface area contributed by atoms with Crippen molar-refractivity contribution in [2.45, 2.75) is 39.3 Å². The van der Waals surface area contributed by atoms with Crippen LogP contribution in [-0.2, 0) is 6.54 Å². The minimum Gasteiger partial charge on any atom is -0.493 e. The first-order valence-corrected chi connectivity index (χ1v) is 8.35. The van der Waals surface area contributed by atoms with Gasteiger partial charge in [0.05, 0.1) is 6.61 Å². The van der Waals surface area contributed by atoms with Crippen LogP contribution in [0, 0.1) is 0 Å². The average molecular weight is 302 g/mol. The molecule has 0 spiro atoms. The van der Waals surface area contributed by atoms with Gasteiger partial charge in [-0.05, 0) is 51.3 Å². The van der Waals surface area contributed by atoms with Gasteiger partial charge in [0.25, 0.3) is 0 Å². The molecule has 0 saturated carbocycles. The van der Waals surface area contributed by atoms with Crippen LogP contribution in [0.2, 0.25) is 5.02 Å². The molecule has 1 aromatic carbocycles. The first kappa shape index (κ1) is 16.7. The van der Waals surface area contributed by atoms with Crippen LogP contribution < -0.4 is 10.1 Å². The Morgan fingerprint density at radius 3 is 2.68 bits per heavy atom. The molecule has 19 heavy (non-hydrogen) atoms.